The molecule has 1 aromatic carbocycles. The summed E-state index contributed by atoms with van der Waals surface area (Å²) in [4.78, 5) is 44.9. The number of H-pyrrole nitrogens is 1. The lowest BCUT2D eigenvalue weighted by Gasteiger charge is -2.42. The number of nitro groups is 1. The summed E-state index contributed by atoms with van der Waals surface area (Å²) in [5, 5.41) is 24.9. The summed E-state index contributed by atoms with van der Waals surface area (Å²) in [7, 11) is -2.15. The monoisotopic (exact) mass is 615 g/mol. The number of carboxylic acid groups (broad SMARTS) is 1. The Kier molecular flexibility index (Phi) is 9.73. The van der Waals surface area contributed by atoms with E-state index in [2.05, 4.69) is 62.9 Å². The van der Waals surface area contributed by atoms with E-state index in [4.69, 9.17) is 4.43 Å². The number of benzene rings is 1. The summed E-state index contributed by atoms with van der Waals surface area (Å²) >= 11 is 0.992. The van der Waals surface area contributed by atoms with Crippen molar-refractivity contribution >= 4 is 54.3 Å². The van der Waals surface area contributed by atoms with Gasteiger partial charge in [-0.3, -0.25) is 20.2 Å². The number of hydrogen-bond acceptors (Lipinski definition) is 7. The van der Waals surface area contributed by atoms with Crippen molar-refractivity contribution in [1.82, 2.24) is 14.9 Å². The Morgan fingerprint density at radius 2 is 1.88 bits per heavy atom. The van der Waals surface area contributed by atoms with Crippen LogP contribution in [0.2, 0.25) is 16.6 Å². The van der Waals surface area contributed by atoms with Crippen LogP contribution >= 0.6 is 11.3 Å². The predicted octanol–water partition coefficient (Wildman–Crippen LogP) is 7.72. The number of nitrogens with zero attached hydrogens (tertiary/aromatic N) is 3. The maximum Gasteiger partial charge on any atom is 0.407 e. The van der Waals surface area contributed by atoms with Crippen LogP contribution in [0.4, 0.5) is 16.4 Å². The topological polar surface area (TPSA) is 151 Å². The zero-order valence-electron chi connectivity index (χ0n) is 25.1. The normalized spacial score (nSPS) is 16.4. The molecular formula is C29H41N5O6SSi. The minimum absolute atomic E-state index is 0.0581. The SMILES string of the molecule is CC(C)[Si](OCc1cc([C@H]2CCCCN(C(=O)O)C2)c2[nH]c(NC(=O)c3cc([N+](=O)[O-])cs3)nc2c1)(C(C)C)C(C)C. The molecule has 2 amide bonds. The molecule has 228 valence electrons. The molecule has 0 saturated carbocycles. The fraction of sp³-hybridized carbons (Fsp3) is 0.552. The molecule has 0 aliphatic carbocycles. The summed E-state index contributed by atoms with van der Waals surface area (Å²) in [5.41, 5.74) is 4.43. The predicted molar refractivity (Wildman–Crippen MR) is 167 cm³/mol. The second-order valence-electron chi connectivity index (χ2n) is 12.1. The summed E-state index contributed by atoms with van der Waals surface area (Å²) < 4.78 is 6.90. The van der Waals surface area contributed by atoms with E-state index in [-0.39, 0.29) is 22.4 Å². The maximum atomic E-state index is 12.9. The van der Waals surface area contributed by atoms with Crippen LogP contribution < -0.4 is 5.32 Å². The average molecular weight is 616 g/mol. The van der Waals surface area contributed by atoms with E-state index in [1.165, 1.54) is 16.3 Å². The Hall–Kier alpha value is -3.29. The average Bonchev–Trinajstić information content (AvgIpc) is 3.49. The van der Waals surface area contributed by atoms with Gasteiger partial charge in [0.25, 0.3) is 11.6 Å². The molecule has 3 N–H and O–H groups in total. The van der Waals surface area contributed by atoms with Crippen LogP contribution in [0.5, 0.6) is 0 Å². The van der Waals surface area contributed by atoms with Crippen LogP contribution in [-0.2, 0) is 11.0 Å². The van der Waals surface area contributed by atoms with Crippen molar-refractivity contribution < 1.29 is 24.0 Å². The molecule has 1 atom stereocenters. The number of aromatic nitrogens is 2. The standard InChI is InChI=1S/C29H41N5O6SSi/c1-17(2)42(18(3)4,19(5)6)40-15-20-11-23(21-9-7-8-10-33(14-21)29(36)37)26-24(12-20)30-28(31-26)32-27(35)25-13-22(16-41-25)34(38)39/h11-13,16-19,21H,7-10,14-15H2,1-6H3,(H,36,37)(H2,30,31,32,35)/t21-/m0/s1. The number of hydrogen-bond donors (Lipinski definition) is 3. The number of rotatable bonds is 10. The fourth-order valence-electron chi connectivity index (χ4n) is 6.65. The quantitative estimate of drug-likeness (QED) is 0.120. The van der Waals surface area contributed by atoms with Gasteiger partial charge >= 0.3 is 6.09 Å². The molecule has 11 nitrogen and oxygen atoms in total. The summed E-state index contributed by atoms with van der Waals surface area (Å²) in [6.07, 6.45) is 1.60. The van der Waals surface area contributed by atoms with Crippen LogP contribution in [-0.4, -0.2) is 58.3 Å². The molecule has 0 radical (unpaired) electrons. The van der Waals surface area contributed by atoms with E-state index >= 15 is 0 Å². The second kappa shape index (κ2) is 12.9. The number of anilines is 1. The highest BCUT2D eigenvalue weighted by Gasteiger charge is 2.45. The summed E-state index contributed by atoms with van der Waals surface area (Å²) in [6, 6.07) is 5.31. The highest BCUT2D eigenvalue weighted by molar-refractivity contribution is 7.12. The molecule has 1 saturated heterocycles. The van der Waals surface area contributed by atoms with Gasteiger partial charge in [-0.25, -0.2) is 9.78 Å². The first-order chi connectivity index (χ1) is 19.8. The van der Waals surface area contributed by atoms with Crippen LogP contribution in [0.1, 0.15) is 87.5 Å². The van der Waals surface area contributed by atoms with Crippen molar-refractivity contribution in [1.29, 1.82) is 0 Å². The number of likely N-dealkylation sites (tertiary alicyclic amines) is 1. The number of carbonyl (C=O) groups excluding carboxylic acids is 1. The van der Waals surface area contributed by atoms with Gasteiger partial charge in [0.2, 0.25) is 14.3 Å². The van der Waals surface area contributed by atoms with Gasteiger partial charge in [-0.15, -0.1) is 11.3 Å². The van der Waals surface area contributed by atoms with Crippen molar-refractivity contribution in [3.05, 3.63) is 49.7 Å². The fourth-order valence-corrected chi connectivity index (χ4v) is 12.8. The van der Waals surface area contributed by atoms with Crippen molar-refractivity contribution in [3.8, 4) is 0 Å². The molecule has 2 aromatic heterocycles. The number of fused-ring (bicyclic) bond motifs is 1. The molecule has 1 fully saturated rings. The smallest absolute Gasteiger partial charge is 0.407 e. The third-order valence-electron chi connectivity index (χ3n) is 8.51. The van der Waals surface area contributed by atoms with Crippen molar-refractivity contribution in [3.63, 3.8) is 0 Å². The lowest BCUT2D eigenvalue weighted by molar-refractivity contribution is -0.384. The number of thiophene rings is 1. The molecule has 0 spiro atoms. The Morgan fingerprint density at radius 1 is 1.19 bits per heavy atom. The van der Waals surface area contributed by atoms with E-state index in [9.17, 15) is 24.8 Å². The number of aromatic amines is 1. The van der Waals surface area contributed by atoms with Gasteiger partial charge in [0.05, 0.1) is 32.8 Å². The molecule has 0 bridgehead atoms. The number of carbonyl (C=O) groups is 2. The van der Waals surface area contributed by atoms with Gasteiger partial charge < -0.3 is 19.4 Å². The van der Waals surface area contributed by atoms with E-state index < -0.39 is 25.2 Å². The first kappa shape index (κ1) is 31.6. The van der Waals surface area contributed by atoms with Crippen molar-refractivity contribution in [2.45, 2.75) is 90.0 Å². The molecule has 1 aliphatic rings. The highest BCUT2D eigenvalue weighted by atomic mass is 32.1. The van der Waals surface area contributed by atoms with Gasteiger partial charge in [-0.2, -0.15) is 0 Å². The molecule has 3 heterocycles. The molecule has 0 unspecified atom stereocenters. The number of imidazole rings is 1. The Morgan fingerprint density at radius 3 is 2.48 bits per heavy atom. The van der Waals surface area contributed by atoms with Crippen LogP contribution in [0.3, 0.4) is 0 Å². The Bertz CT molecular complexity index is 1430. The van der Waals surface area contributed by atoms with Crippen molar-refractivity contribution in [2.75, 3.05) is 18.4 Å². The summed E-state index contributed by atoms with van der Waals surface area (Å²) in [5.74, 6) is -0.327. The van der Waals surface area contributed by atoms with Crippen molar-refractivity contribution in [2.24, 2.45) is 0 Å². The maximum absolute atomic E-state index is 12.9. The number of nitrogens with one attached hydrogen (secondary N) is 2. The van der Waals surface area contributed by atoms with E-state index in [0.29, 0.717) is 41.8 Å². The van der Waals surface area contributed by atoms with Crippen LogP contribution in [0.25, 0.3) is 11.0 Å². The van der Waals surface area contributed by atoms with E-state index in [1.807, 2.05) is 6.07 Å². The third-order valence-corrected chi connectivity index (χ3v) is 15.5. The van der Waals surface area contributed by atoms with Crippen LogP contribution in [0, 0.1) is 10.1 Å². The Balaban J connectivity index is 1.72. The minimum atomic E-state index is -2.15. The zero-order chi connectivity index (χ0) is 30.8. The minimum Gasteiger partial charge on any atom is -0.465 e. The first-order valence-electron chi connectivity index (χ1n) is 14.5. The van der Waals surface area contributed by atoms with Gasteiger partial charge in [0, 0.05) is 25.1 Å². The third kappa shape index (κ3) is 6.52. The van der Waals surface area contributed by atoms with Gasteiger partial charge in [0.1, 0.15) is 0 Å². The molecule has 4 rings (SSSR count). The molecule has 3 aromatic rings. The first-order valence-corrected chi connectivity index (χ1v) is 17.5. The lowest BCUT2D eigenvalue weighted by Crippen LogP contribution is -2.47. The molecule has 42 heavy (non-hydrogen) atoms. The number of amides is 2. The Labute approximate surface area is 251 Å². The van der Waals surface area contributed by atoms with Gasteiger partial charge in [-0.05, 0) is 46.7 Å². The van der Waals surface area contributed by atoms with E-state index in [0.717, 1.165) is 47.2 Å². The zero-order valence-corrected chi connectivity index (χ0v) is 26.9. The summed E-state index contributed by atoms with van der Waals surface area (Å²) in [6.45, 7) is 14.8. The van der Waals surface area contributed by atoms with Gasteiger partial charge in [0.15, 0.2) is 0 Å². The lowest BCUT2D eigenvalue weighted by atomic mass is 9.92. The molecule has 1 aliphatic heterocycles. The molecule has 13 heteroatoms. The largest absolute Gasteiger partial charge is 0.465 e. The highest BCUT2D eigenvalue weighted by Crippen LogP contribution is 2.43. The van der Waals surface area contributed by atoms with E-state index in [1.54, 1.807) is 0 Å². The van der Waals surface area contributed by atoms with Crippen LogP contribution in [0.15, 0.2) is 23.6 Å². The van der Waals surface area contributed by atoms with Gasteiger partial charge in [-0.1, -0.05) is 54.0 Å². The second-order valence-corrected chi connectivity index (χ2v) is 18.4. The molecular weight excluding hydrogens is 575 g/mol.